The molecule has 0 aromatic heterocycles. The highest BCUT2D eigenvalue weighted by molar-refractivity contribution is 5.70. The Labute approximate surface area is 381 Å². The summed E-state index contributed by atoms with van der Waals surface area (Å²) in [4.78, 5) is 25.6. The fourth-order valence-corrected chi connectivity index (χ4v) is 6.79. The third-order valence-electron chi connectivity index (χ3n) is 10.7. The van der Waals surface area contributed by atoms with Gasteiger partial charge in [0.1, 0.15) is 55.4 Å². The quantitative estimate of drug-likeness (QED) is 0.0241. The second-order valence-electron chi connectivity index (χ2n) is 16.2. The molecule has 11 atom stereocenters. The lowest BCUT2D eigenvalue weighted by Crippen LogP contribution is -2.61. The summed E-state index contributed by atoms with van der Waals surface area (Å²) in [5.41, 5.74) is 0. The van der Waals surface area contributed by atoms with Crippen molar-refractivity contribution in [1.82, 2.24) is 0 Å². The number of esters is 2. The molecule has 2 heterocycles. The molecule has 2 fully saturated rings. The Hall–Kier alpha value is -3.06. The third-order valence-corrected chi connectivity index (χ3v) is 10.7. The summed E-state index contributed by atoms with van der Waals surface area (Å²) in [5, 5.41) is 71.9. The summed E-state index contributed by atoms with van der Waals surface area (Å²) in [6.07, 6.45) is 23.9. The van der Waals surface area contributed by atoms with Crippen LogP contribution in [-0.2, 0) is 38.0 Å². The van der Waals surface area contributed by atoms with E-state index in [1.165, 1.54) is 19.3 Å². The Balaban J connectivity index is 1.88. The van der Waals surface area contributed by atoms with Gasteiger partial charge in [-0.05, 0) is 70.6 Å². The Kier molecular flexibility index (Phi) is 32.2. The van der Waals surface area contributed by atoms with Crippen LogP contribution in [0.4, 0.5) is 0 Å². The zero-order valence-electron chi connectivity index (χ0n) is 38.2. The first-order valence-electron chi connectivity index (χ1n) is 23.5. The Bertz CT molecular complexity index is 1390. The number of unbranched alkanes of at least 4 members (excludes halogenated alkanes) is 8. The van der Waals surface area contributed by atoms with Gasteiger partial charge in [0, 0.05) is 12.8 Å². The first-order valence-corrected chi connectivity index (χ1v) is 23.5. The number of rotatable bonds is 34. The van der Waals surface area contributed by atoms with Crippen molar-refractivity contribution in [2.45, 2.75) is 197 Å². The summed E-state index contributed by atoms with van der Waals surface area (Å²) in [7, 11) is 0. The molecule has 11 unspecified atom stereocenters. The summed E-state index contributed by atoms with van der Waals surface area (Å²) in [6, 6.07) is 0. The first kappa shape index (κ1) is 57.1. The average Bonchev–Trinajstić information content (AvgIpc) is 3.29. The molecule has 0 aromatic carbocycles. The topological polar surface area (TPSA) is 231 Å². The van der Waals surface area contributed by atoms with Crippen molar-refractivity contribution in [2.75, 3.05) is 26.4 Å². The van der Waals surface area contributed by atoms with Crippen LogP contribution in [0, 0.1) is 0 Å². The van der Waals surface area contributed by atoms with Crippen LogP contribution in [0.15, 0.2) is 72.9 Å². The van der Waals surface area contributed by atoms with Crippen LogP contribution in [0.5, 0.6) is 0 Å². The number of carbonyl (C=O) groups excluding carboxylic acids is 2. The molecule has 2 rings (SSSR count). The standard InChI is InChI=1S/C49H80O15/c1-3-5-7-9-11-13-15-17-18-20-21-23-25-27-29-31-40(51)59-34-37(62-41(52)32-30-28-26-24-22-19-16-14-12-10-8-6-4-2)35-60-48-47(58)45(56)43(54)39(64-48)36-61-49-46(57)44(55)42(53)38(33-50)63-49/h6,8,11-14,17-19,22,26,28,37-39,42-50,53-58H,3-5,7,9-10,15-16,20-21,23-25,27,29-36H2,1-2H3/b8-6-,13-11-,14-12-,18-17-,22-19-,28-26-. The van der Waals surface area contributed by atoms with Gasteiger partial charge < -0.3 is 64.2 Å². The Morgan fingerprint density at radius 2 is 1.02 bits per heavy atom. The number of aliphatic hydroxyl groups is 7. The van der Waals surface area contributed by atoms with Gasteiger partial charge in [-0.25, -0.2) is 0 Å². The van der Waals surface area contributed by atoms with Crippen LogP contribution in [0.2, 0.25) is 0 Å². The number of allylic oxidation sites excluding steroid dienone is 12. The van der Waals surface area contributed by atoms with Crippen LogP contribution in [-0.4, -0.2) is 142 Å². The van der Waals surface area contributed by atoms with Gasteiger partial charge in [0.2, 0.25) is 0 Å². The van der Waals surface area contributed by atoms with Crippen LogP contribution >= 0.6 is 0 Å². The van der Waals surface area contributed by atoms with E-state index in [1.54, 1.807) is 0 Å². The fraction of sp³-hybridized carbons (Fsp3) is 0.714. The van der Waals surface area contributed by atoms with Gasteiger partial charge in [-0.2, -0.15) is 0 Å². The van der Waals surface area contributed by atoms with Crippen LogP contribution in [0.3, 0.4) is 0 Å². The van der Waals surface area contributed by atoms with Crippen molar-refractivity contribution in [3.63, 3.8) is 0 Å². The summed E-state index contributed by atoms with van der Waals surface area (Å²) < 4.78 is 33.4. The van der Waals surface area contributed by atoms with Gasteiger partial charge >= 0.3 is 11.9 Å². The number of ether oxygens (including phenoxy) is 6. The number of aliphatic hydroxyl groups excluding tert-OH is 7. The van der Waals surface area contributed by atoms with E-state index in [-0.39, 0.29) is 19.4 Å². The van der Waals surface area contributed by atoms with Gasteiger partial charge in [0.25, 0.3) is 0 Å². The number of hydrogen-bond donors (Lipinski definition) is 7. The van der Waals surface area contributed by atoms with Gasteiger partial charge in [0.15, 0.2) is 18.7 Å². The third kappa shape index (κ3) is 24.5. The molecule has 0 aliphatic carbocycles. The summed E-state index contributed by atoms with van der Waals surface area (Å²) >= 11 is 0. The highest BCUT2D eigenvalue weighted by atomic mass is 16.7. The maximum absolute atomic E-state index is 12.9. The van der Waals surface area contributed by atoms with Crippen LogP contribution in [0.1, 0.15) is 129 Å². The van der Waals surface area contributed by atoms with Crippen LogP contribution < -0.4 is 0 Å². The maximum Gasteiger partial charge on any atom is 0.306 e. The molecule has 2 aliphatic rings. The van der Waals surface area contributed by atoms with Gasteiger partial charge in [-0.3, -0.25) is 9.59 Å². The molecule has 0 amide bonds. The monoisotopic (exact) mass is 909 g/mol. The molecule has 15 heteroatoms. The molecule has 0 aromatic rings. The second-order valence-corrected chi connectivity index (χ2v) is 16.2. The number of hydrogen-bond acceptors (Lipinski definition) is 15. The van der Waals surface area contributed by atoms with E-state index in [9.17, 15) is 45.3 Å². The maximum atomic E-state index is 12.9. The van der Waals surface area contributed by atoms with Crippen molar-refractivity contribution >= 4 is 11.9 Å². The predicted octanol–water partition coefficient (Wildman–Crippen LogP) is 5.48. The predicted molar refractivity (Wildman–Crippen MR) is 242 cm³/mol. The van der Waals surface area contributed by atoms with Gasteiger partial charge in [0.05, 0.1) is 19.8 Å². The first-order chi connectivity index (χ1) is 31.0. The zero-order chi connectivity index (χ0) is 46.8. The van der Waals surface area contributed by atoms with Crippen LogP contribution in [0.25, 0.3) is 0 Å². The normalized spacial score (nSPS) is 27.3. The lowest BCUT2D eigenvalue weighted by molar-refractivity contribution is -0.332. The molecule has 7 N–H and O–H groups in total. The lowest BCUT2D eigenvalue weighted by Gasteiger charge is -2.42. The molecule has 0 radical (unpaired) electrons. The van der Waals surface area contributed by atoms with Crippen molar-refractivity contribution in [1.29, 1.82) is 0 Å². The molecular formula is C49H80O15. The fourth-order valence-electron chi connectivity index (χ4n) is 6.79. The van der Waals surface area contributed by atoms with Crippen molar-refractivity contribution in [2.24, 2.45) is 0 Å². The van der Waals surface area contributed by atoms with Crippen molar-refractivity contribution < 1.29 is 73.8 Å². The minimum Gasteiger partial charge on any atom is -0.462 e. The summed E-state index contributed by atoms with van der Waals surface area (Å²) in [6.45, 7) is 2.32. The van der Waals surface area contributed by atoms with E-state index < -0.39 is 99.3 Å². The highest BCUT2D eigenvalue weighted by Crippen LogP contribution is 2.26. The molecule has 64 heavy (non-hydrogen) atoms. The van der Waals surface area contributed by atoms with Crippen molar-refractivity contribution in [3.05, 3.63) is 72.9 Å². The van der Waals surface area contributed by atoms with Crippen molar-refractivity contribution in [3.8, 4) is 0 Å². The smallest absolute Gasteiger partial charge is 0.306 e. The Morgan fingerprint density at radius 1 is 0.516 bits per heavy atom. The summed E-state index contributed by atoms with van der Waals surface area (Å²) in [5.74, 6) is -1.04. The van der Waals surface area contributed by atoms with E-state index in [4.69, 9.17) is 28.4 Å². The molecule has 2 saturated heterocycles. The molecular weight excluding hydrogens is 829 g/mol. The minimum atomic E-state index is -1.78. The van der Waals surface area contributed by atoms with Gasteiger partial charge in [-0.15, -0.1) is 0 Å². The van der Waals surface area contributed by atoms with E-state index in [0.717, 1.165) is 64.2 Å². The average molecular weight is 909 g/mol. The number of carbonyl (C=O) groups is 2. The molecule has 0 saturated carbocycles. The minimum absolute atomic E-state index is 0.0372. The van der Waals surface area contributed by atoms with Gasteiger partial charge in [-0.1, -0.05) is 119 Å². The second kappa shape index (κ2) is 36.1. The molecule has 0 spiro atoms. The van der Waals surface area contributed by atoms with E-state index in [1.807, 2.05) is 18.2 Å². The molecule has 2 aliphatic heterocycles. The highest BCUT2D eigenvalue weighted by Gasteiger charge is 2.47. The molecule has 0 bridgehead atoms. The van der Waals surface area contributed by atoms with E-state index in [2.05, 4.69) is 68.5 Å². The Morgan fingerprint density at radius 3 is 1.61 bits per heavy atom. The molecule has 366 valence electrons. The van der Waals surface area contributed by atoms with E-state index >= 15 is 0 Å². The zero-order valence-corrected chi connectivity index (χ0v) is 38.2. The van der Waals surface area contributed by atoms with E-state index in [0.29, 0.717) is 19.3 Å². The largest absolute Gasteiger partial charge is 0.462 e. The molecule has 15 nitrogen and oxygen atoms in total. The SMILES string of the molecule is CC/C=C\C/C=C\C/C=C\C/C=C\CCC(=O)OC(COC(=O)CCCCCCC/C=C\C/C=C\CCCCC)COC1OC(COC2OC(CO)C(O)C(O)C2O)C(O)C(O)C1O. The lowest BCUT2D eigenvalue weighted by atomic mass is 9.98.